The molecule has 0 heterocycles. The summed E-state index contributed by atoms with van der Waals surface area (Å²) in [4.78, 5) is -0.104. The second-order valence-electron chi connectivity index (χ2n) is 2.72. The van der Waals surface area contributed by atoms with Crippen molar-refractivity contribution in [1.82, 2.24) is 0 Å². The van der Waals surface area contributed by atoms with Crippen molar-refractivity contribution in [2.24, 2.45) is 0 Å². The van der Waals surface area contributed by atoms with Crippen LogP contribution in [0.5, 0.6) is 0 Å². The predicted molar refractivity (Wildman–Crippen MR) is 51.1 cm³/mol. The Labute approximate surface area is 77.5 Å². The molecule has 4 heteroatoms. The molecule has 0 spiro atoms. The maximum atomic E-state index is 10.8. The van der Waals surface area contributed by atoms with Crippen molar-refractivity contribution in [3.63, 3.8) is 0 Å². The Bertz CT molecular complexity index is 432. The van der Waals surface area contributed by atoms with Crippen LogP contribution in [-0.2, 0) is 10.1 Å². The maximum absolute atomic E-state index is 10.8. The van der Waals surface area contributed by atoms with Crippen molar-refractivity contribution in [2.75, 3.05) is 0 Å². The lowest BCUT2D eigenvalue weighted by atomic mass is 10.1. The molecule has 0 atom stereocenters. The first-order valence-corrected chi connectivity index (χ1v) is 5.10. The fourth-order valence-electron chi connectivity index (χ4n) is 1.06. The van der Waals surface area contributed by atoms with Gasteiger partial charge in [0.15, 0.2) is 0 Å². The largest absolute Gasteiger partial charge is 0.295 e. The molecule has 0 aliphatic heterocycles. The Morgan fingerprint density at radius 2 is 2.08 bits per heavy atom. The van der Waals surface area contributed by atoms with E-state index >= 15 is 0 Å². The summed E-state index contributed by atoms with van der Waals surface area (Å²) in [7, 11) is -4.13. The lowest BCUT2D eigenvalue weighted by molar-refractivity contribution is 0.483. The van der Waals surface area contributed by atoms with Gasteiger partial charge in [-0.25, -0.2) is 0 Å². The van der Waals surface area contributed by atoms with Gasteiger partial charge >= 0.3 is 0 Å². The molecule has 0 radical (unpaired) electrons. The Morgan fingerprint density at radius 1 is 1.46 bits per heavy atom. The Kier molecular flexibility index (Phi) is 2.54. The predicted octanol–water partition coefficient (Wildman–Crippen LogP) is 1.88. The van der Waals surface area contributed by atoms with E-state index in [-0.39, 0.29) is 4.90 Å². The van der Waals surface area contributed by atoms with E-state index in [1.165, 1.54) is 12.1 Å². The van der Waals surface area contributed by atoms with Crippen LogP contribution in [-0.4, -0.2) is 13.0 Å². The number of rotatable bonds is 2. The SMILES string of the molecule is C=Cc1cc(C)ccc1S(=O)(=O)O. The fourth-order valence-corrected chi connectivity index (χ4v) is 1.74. The molecular formula is C9H10O3S. The zero-order valence-corrected chi connectivity index (χ0v) is 8.00. The molecule has 0 saturated heterocycles. The molecule has 0 aliphatic rings. The van der Waals surface area contributed by atoms with Crippen molar-refractivity contribution in [1.29, 1.82) is 0 Å². The lowest BCUT2D eigenvalue weighted by Crippen LogP contribution is -2.00. The number of hydrogen-bond donors (Lipinski definition) is 1. The van der Waals surface area contributed by atoms with E-state index in [9.17, 15) is 8.42 Å². The lowest BCUT2D eigenvalue weighted by Gasteiger charge is -2.02. The number of benzene rings is 1. The van der Waals surface area contributed by atoms with E-state index in [1.54, 1.807) is 12.1 Å². The highest BCUT2D eigenvalue weighted by molar-refractivity contribution is 7.85. The first-order valence-electron chi connectivity index (χ1n) is 3.65. The first-order chi connectivity index (χ1) is 5.95. The van der Waals surface area contributed by atoms with Crippen LogP contribution in [0, 0.1) is 6.92 Å². The van der Waals surface area contributed by atoms with Crippen LogP contribution in [0.25, 0.3) is 6.08 Å². The summed E-state index contributed by atoms with van der Waals surface area (Å²) in [5, 5.41) is 0. The Balaban J connectivity index is 3.47. The summed E-state index contributed by atoms with van der Waals surface area (Å²) < 4.78 is 30.5. The average Bonchev–Trinajstić information content (AvgIpc) is 2.01. The van der Waals surface area contributed by atoms with E-state index < -0.39 is 10.1 Å². The minimum absolute atomic E-state index is 0.104. The van der Waals surface area contributed by atoms with Gasteiger partial charge in [-0.1, -0.05) is 30.4 Å². The molecule has 0 aromatic heterocycles. The normalized spacial score (nSPS) is 11.2. The Hall–Kier alpha value is -1.13. The van der Waals surface area contributed by atoms with Crippen molar-refractivity contribution in [3.05, 3.63) is 35.9 Å². The summed E-state index contributed by atoms with van der Waals surface area (Å²) >= 11 is 0. The number of aryl methyl sites for hydroxylation is 1. The molecule has 0 unspecified atom stereocenters. The molecule has 0 bridgehead atoms. The van der Waals surface area contributed by atoms with Gasteiger partial charge in [-0.3, -0.25) is 4.55 Å². The second kappa shape index (κ2) is 3.32. The van der Waals surface area contributed by atoms with Crippen LogP contribution in [0.2, 0.25) is 0 Å². The van der Waals surface area contributed by atoms with Crippen molar-refractivity contribution in [2.45, 2.75) is 11.8 Å². The third kappa shape index (κ3) is 2.17. The molecule has 1 rings (SSSR count). The van der Waals surface area contributed by atoms with Crippen LogP contribution < -0.4 is 0 Å². The number of hydrogen-bond acceptors (Lipinski definition) is 2. The van der Waals surface area contributed by atoms with Crippen LogP contribution >= 0.6 is 0 Å². The van der Waals surface area contributed by atoms with Gasteiger partial charge in [0.1, 0.15) is 4.90 Å². The van der Waals surface area contributed by atoms with Gasteiger partial charge in [-0.15, -0.1) is 0 Å². The zero-order chi connectivity index (χ0) is 10.1. The minimum Gasteiger partial charge on any atom is -0.282 e. The molecule has 0 aliphatic carbocycles. The monoisotopic (exact) mass is 198 g/mol. The summed E-state index contributed by atoms with van der Waals surface area (Å²) in [5.41, 5.74) is 1.34. The van der Waals surface area contributed by atoms with Crippen LogP contribution in [0.15, 0.2) is 29.7 Å². The minimum atomic E-state index is -4.13. The highest BCUT2D eigenvalue weighted by Crippen LogP contribution is 2.17. The molecule has 13 heavy (non-hydrogen) atoms. The third-order valence-corrected chi connectivity index (χ3v) is 2.59. The quantitative estimate of drug-likeness (QED) is 0.738. The van der Waals surface area contributed by atoms with Crippen LogP contribution in [0.3, 0.4) is 0 Å². The Morgan fingerprint density at radius 3 is 2.54 bits per heavy atom. The van der Waals surface area contributed by atoms with Gasteiger partial charge in [0, 0.05) is 0 Å². The smallest absolute Gasteiger partial charge is 0.282 e. The van der Waals surface area contributed by atoms with Crippen LogP contribution in [0.1, 0.15) is 11.1 Å². The van der Waals surface area contributed by atoms with Crippen molar-refractivity contribution >= 4 is 16.2 Å². The standard InChI is InChI=1S/C9H10O3S/c1-3-8-6-7(2)4-5-9(8)13(10,11)12/h3-6H,1H2,2H3,(H,10,11,12). The van der Waals surface area contributed by atoms with Crippen molar-refractivity contribution in [3.8, 4) is 0 Å². The summed E-state index contributed by atoms with van der Waals surface area (Å²) in [5.74, 6) is 0. The summed E-state index contributed by atoms with van der Waals surface area (Å²) in [6.07, 6.45) is 1.40. The molecule has 3 nitrogen and oxygen atoms in total. The molecule has 1 aromatic rings. The van der Waals surface area contributed by atoms with E-state index in [4.69, 9.17) is 4.55 Å². The molecule has 0 amide bonds. The zero-order valence-electron chi connectivity index (χ0n) is 7.19. The second-order valence-corrected chi connectivity index (χ2v) is 4.11. The van der Waals surface area contributed by atoms with Crippen LogP contribution in [0.4, 0.5) is 0 Å². The van der Waals surface area contributed by atoms with Gasteiger partial charge in [0.25, 0.3) is 10.1 Å². The fraction of sp³-hybridized carbons (Fsp3) is 0.111. The van der Waals surface area contributed by atoms with Gasteiger partial charge < -0.3 is 0 Å². The molecule has 1 aromatic carbocycles. The van der Waals surface area contributed by atoms with Crippen molar-refractivity contribution < 1.29 is 13.0 Å². The van der Waals surface area contributed by atoms with E-state index in [1.807, 2.05) is 6.92 Å². The van der Waals surface area contributed by atoms with Gasteiger partial charge in [-0.2, -0.15) is 8.42 Å². The molecule has 70 valence electrons. The average molecular weight is 198 g/mol. The first kappa shape index (κ1) is 9.95. The molecule has 1 N–H and O–H groups in total. The highest BCUT2D eigenvalue weighted by Gasteiger charge is 2.12. The molecule has 0 saturated carbocycles. The van der Waals surface area contributed by atoms with Gasteiger partial charge in [0.05, 0.1) is 0 Å². The van der Waals surface area contributed by atoms with Gasteiger partial charge in [0.2, 0.25) is 0 Å². The summed E-state index contributed by atoms with van der Waals surface area (Å²) in [6, 6.07) is 4.63. The maximum Gasteiger partial charge on any atom is 0.295 e. The van der Waals surface area contributed by atoms with Gasteiger partial charge in [-0.05, 0) is 18.6 Å². The molecule has 0 fully saturated rings. The third-order valence-electron chi connectivity index (χ3n) is 1.66. The summed E-state index contributed by atoms with van der Waals surface area (Å²) in [6.45, 7) is 5.30. The molecular weight excluding hydrogens is 188 g/mol. The highest BCUT2D eigenvalue weighted by atomic mass is 32.2. The van der Waals surface area contributed by atoms with E-state index in [0.717, 1.165) is 5.56 Å². The van der Waals surface area contributed by atoms with E-state index in [0.29, 0.717) is 5.56 Å². The van der Waals surface area contributed by atoms with E-state index in [2.05, 4.69) is 6.58 Å². The topological polar surface area (TPSA) is 54.4 Å².